The zero-order chi connectivity index (χ0) is 22.7. The largest absolute Gasteiger partial charge is 0.349 e. The zero-order valence-electron chi connectivity index (χ0n) is 20.2. The summed E-state index contributed by atoms with van der Waals surface area (Å²) < 4.78 is 12.6. The van der Waals surface area contributed by atoms with E-state index >= 15 is 0 Å². The number of carbonyl (C=O) groups excluding carboxylic acids is 2. The Hall–Kier alpha value is -1.22. The molecule has 1 N–H and O–H groups in total. The third-order valence-corrected chi connectivity index (χ3v) is 7.49. The molecule has 0 aromatic rings. The SMILES string of the molecule is CC(C)CC1NCCN(CC(=O)N2CCC3(CC2C)OCC(CN2CCCC2)CO3)C1=O. The van der Waals surface area contributed by atoms with Crippen LogP contribution >= 0.6 is 0 Å². The highest BCUT2D eigenvalue weighted by molar-refractivity contribution is 5.88. The molecule has 4 heterocycles. The van der Waals surface area contributed by atoms with E-state index < -0.39 is 5.79 Å². The molecule has 2 unspecified atom stereocenters. The van der Waals surface area contributed by atoms with Crippen LogP contribution in [0.25, 0.3) is 0 Å². The van der Waals surface area contributed by atoms with E-state index in [4.69, 9.17) is 9.47 Å². The minimum atomic E-state index is -0.551. The third-order valence-electron chi connectivity index (χ3n) is 7.49. The van der Waals surface area contributed by atoms with Crippen molar-refractivity contribution in [2.75, 3.05) is 59.0 Å². The number of rotatable bonds is 6. The first-order valence-electron chi connectivity index (χ1n) is 12.7. The van der Waals surface area contributed by atoms with Gasteiger partial charge in [0.25, 0.3) is 0 Å². The summed E-state index contributed by atoms with van der Waals surface area (Å²) in [6.07, 6.45) is 4.81. The molecule has 8 heteroatoms. The van der Waals surface area contributed by atoms with E-state index in [2.05, 4.69) is 31.0 Å². The molecular weight excluding hydrogens is 408 g/mol. The molecule has 4 saturated heterocycles. The predicted molar refractivity (Wildman–Crippen MR) is 122 cm³/mol. The van der Waals surface area contributed by atoms with Crippen LogP contribution < -0.4 is 5.32 Å². The second kappa shape index (κ2) is 10.4. The van der Waals surface area contributed by atoms with Crippen LogP contribution in [-0.2, 0) is 19.1 Å². The van der Waals surface area contributed by atoms with Gasteiger partial charge in [-0.05, 0) is 45.2 Å². The Balaban J connectivity index is 1.25. The number of nitrogens with one attached hydrogen (secondary N) is 1. The van der Waals surface area contributed by atoms with Crippen molar-refractivity contribution in [3.05, 3.63) is 0 Å². The highest BCUT2D eigenvalue weighted by Crippen LogP contribution is 2.35. The van der Waals surface area contributed by atoms with E-state index in [0.29, 0.717) is 37.8 Å². The number of ether oxygens (including phenoxy) is 2. The van der Waals surface area contributed by atoms with E-state index in [-0.39, 0.29) is 30.4 Å². The number of hydrogen-bond donors (Lipinski definition) is 1. The van der Waals surface area contributed by atoms with Crippen LogP contribution in [0.3, 0.4) is 0 Å². The predicted octanol–water partition coefficient (Wildman–Crippen LogP) is 1.30. The fourth-order valence-electron chi connectivity index (χ4n) is 5.73. The first-order valence-corrected chi connectivity index (χ1v) is 12.7. The summed E-state index contributed by atoms with van der Waals surface area (Å²) in [6, 6.07) is -0.132. The van der Waals surface area contributed by atoms with Crippen LogP contribution in [0.5, 0.6) is 0 Å². The Kier molecular flexibility index (Phi) is 7.75. The lowest BCUT2D eigenvalue weighted by Gasteiger charge is -2.48. The lowest BCUT2D eigenvalue weighted by atomic mass is 9.94. The molecule has 4 fully saturated rings. The summed E-state index contributed by atoms with van der Waals surface area (Å²) in [5, 5.41) is 3.30. The van der Waals surface area contributed by atoms with Crippen molar-refractivity contribution >= 4 is 11.8 Å². The summed E-state index contributed by atoms with van der Waals surface area (Å²) in [7, 11) is 0. The van der Waals surface area contributed by atoms with Gasteiger partial charge in [0.05, 0.1) is 25.8 Å². The molecule has 0 bridgehead atoms. The summed E-state index contributed by atoms with van der Waals surface area (Å²) >= 11 is 0. The maximum atomic E-state index is 13.1. The normalized spacial score (nSPS) is 34.6. The molecule has 2 atom stereocenters. The van der Waals surface area contributed by atoms with Gasteiger partial charge in [-0.2, -0.15) is 0 Å². The van der Waals surface area contributed by atoms with Gasteiger partial charge in [-0.25, -0.2) is 0 Å². The Morgan fingerprint density at radius 3 is 2.53 bits per heavy atom. The van der Waals surface area contributed by atoms with Crippen molar-refractivity contribution in [1.82, 2.24) is 20.0 Å². The lowest BCUT2D eigenvalue weighted by molar-refractivity contribution is -0.303. The molecule has 0 radical (unpaired) electrons. The first-order chi connectivity index (χ1) is 15.3. The molecular formula is C24H42N4O4. The van der Waals surface area contributed by atoms with Crippen molar-refractivity contribution in [2.45, 2.75) is 70.7 Å². The Morgan fingerprint density at radius 1 is 1.16 bits per heavy atom. The molecule has 0 saturated carbocycles. The van der Waals surface area contributed by atoms with Crippen LogP contribution in [0.1, 0.15) is 52.9 Å². The lowest BCUT2D eigenvalue weighted by Crippen LogP contribution is -2.60. The van der Waals surface area contributed by atoms with E-state index in [9.17, 15) is 9.59 Å². The van der Waals surface area contributed by atoms with Crippen LogP contribution in [0.15, 0.2) is 0 Å². The molecule has 8 nitrogen and oxygen atoms in total. The molecule has 4 aliphatic heterocycles. The molecule has 1 spiro atoms. The standard InChI is InChI=1S/C24H42N4O4/c1-18(2)12-21-23(30)27(11-7-25-21)15-22(29)28-10-6-24(13-19(28)3)31-16-20(17-32-24)14-26-8-4-5-9-26/h18-21,25H,4-17H2,1-3H3. The minimum Gasteiger partial charge on any atom is -0.349 e. The summed E-state index contributed by atoms with van der Waals surface area (Å²) in [6.45, 7) is 13.4. The monoisotopic (exact) mass is 450 g/mol. The third kappa shape index (κ3) is 5.64. The second-order valence-corrected chi connectivity index (χ2v) is 10.7. The molecule has 0 aliphatic carbocycles. The second-order valence-electron chi connectivity index (χ2n) is 10.7. The van der Waals surface area contributed by atoms with E-state index in [0.717, 1.165) is 32.7 Å². The van der Waals surface area contributed by atoms with Crippen LogP contribution in [0, 0.1) is 11.8 Å². The van der Waals surface area contributed by atoms with Crippen LogP contribution in [-0.4, -0.2) is 103 Å². The van der Waals surface area contributed by atoms with Gasteiger partial charge in [-0.1, -0.05) is 13.8 Å². The average Bonchev–Trinajstić information content (AvgIpc) is 3.26. The van der Waals surface area contributed by atoms with Crippen molar-refractivity contribution in [1.29, 1.82) is 0 Å². The fraction of sp³-hybridized carbons (Fsp3) is 0.917. The maximum absolute atomic E-state index is 13.1. The number of carbonyl (C=O) groups is 2. The van der Waals surface area contributed by atoms with Gasteiger partial charge in [-0.3, -0.25) is 9.59 Å². The highest BCUT2D eigenvalue weighted by Gasteiger charge is 2.45. The van der Waals surface area contributed by atoms with Gasteiger partial charge in [0, 0.05) is 51.0 Å². The van der Waals surface area contributed by atoms with Crippen LogP contribution in [0.4, 0.5) is 0 Å². The fourth-order valence-corrected chi connectivity index (χ4v) is 5.73. The van der Waals surface area contributed by atoms with Crippen molar-refractivity contribution in [2.24, 2.45) is 11.8 Å². The molecule has 4 rings (SSSR count). The van der Waals surface area contributed by atoms with Gasteiger partial charge in [0.2, 0.25) is 11.8 Å². The van der Waals surface area contributed by atoms with Crippen molar-refractivity contribution < 1.29 is 19.1 Å². The molecule has 182 valence electrons. The maximum Gasteiger partial charge on any atom is 0.242 e. The number of amides is 2. The zero-order valence-corrected chi connectivity index (χ0v) is 20.2. The minimum absolute atomic E-state index is 0.0358. The first kappa shape index (κ1) is 23.9. The Labute approximate surface area is 192 Å². The summed E-state index contributed by atoms with van der Waals surface area (Å²) in [4.78, 5) is 32.1. The van der Waals surface area contributed by atoms with E-state index in [1.165, 1.54) is 25.9 Å². The number of piperazine rings is 1. The topological polar surface area (TPSA) is 74.3 Å². The molecule has 0 aromatic carbocycles. The van der Waals surface area contributed by atoms with Gasteiger partial charge in [0.15, 0.2) is 5.79 Å². The van der Waals surface area contributed by atoms with Gasteiger partial charge in [0.1, 0.15) is 0 Å². The van der Waals surface area contributed by atoms with Gasteiger partial charge < -0.3 is 29.5 Å². The molecule has 0 aromatic heterocycles. The molecule has 2 amide bonds. The Morgan fingerprint density at radius 2 is 1.88 bits per heavy atom. The number of piperidine rings is 1. The summed E-state index contributed by atoms with van der Waals surface area (Å²) in [5.41, 5.74) is 0. The van der Waals surface area contributed by atoms with Crippen molar-refractivity contribution in [3.63, 3.8) is 0 Å². The number of hydrogen-bond acceptors (Lipinski definition) is 6. The van der Waals surface area contributed by atoms with Gasteiger partial charge in [-0.15, -0.1) is 0 Å². The van der Waals surface area contributed by atoms with Crippen molar-refractivity contribution in [3.8, 4) is 0 Å². The smallest absolute Gasteiger partial charge is 0.242 e. The number of likely N-dealkylation sites (tertiary alicyclic amines) is 2. The molecule has 32 heavy (non-hydrogen) atoms. The average molecular weight is 451 g/mol. The van der Waals surface area contributed by atoms with E-state index in [1.807, 2.05) is 4.90 Å². The van der Waals surface area contributed by atoms with Crippen LogP contribution in [0.2, 0.25) is 0 Å². The number of nitrogens with zero attached hydrogens (tertiary/aromatic N) is 3. The highest BCUT2D eigenvalue weighted by atomic mass is 16.7. The molecule has 4 aliphatic rings. The Bertz CT molecular complexity index is 658. The quantitative estimate of drug-likeness (QED) is 0.658. The van der Waals surface area contributed by atoms with E-state index in [1.54, 1.807) is 4.90 Å². The van der Waals surface area contributed by atoms with Gasteiger partial charge >= 0.3 is 0 Å². The summed E-state index contributed by atoms with van der Waals surface area (Å²) in [5.74, 6) is 0.420.